The minimum Gasteiger partial charge on any atom is -0.357 e. The molecule has 0 aliphatic carbocycles. The normalized spacial score (nSPS) is 12.2. The molecule has 148 valence electrons. The van der Waals surface area contributed by atoms with Crippen LogP contribution in [0.15, 0.2) is 11.1 Å². The molecule has 0 atom stereocenters. The van der Waals surface area contributed by atoms with Crippen molar-refractivity contribution < 1.29 is 18.0 Å². The number of carbonyl (C=O) groups excluding carboxylic acids is 1. The van der Waals surface area contributed by atoms with Crippen molar-refractivity contribution in [1.82, 2.24) is 25.3 Å². The van der Waals surface area contributed by atoms with Gasteiger partial charge in [0, 0.05) is 32.4 Å². The lowest BCUT2D eigenvalue weighted by Crippen LogP contribution is -2.40. The van der Waals surface area contributed by atoms with Crippen molar-refractivity contribution in [3.8, 4) is 0 Å². The Morgan fingerprint density at radius 3 is 2.58 bits per heavy atom. The van der Waals surface area contributed by atoms with Crippen LogP contribution >= 0.6 is 0 Å². The highest BCUT2D eigenvalue weighted by atomic mass is 19.4. The molecule has 1 aromatic rings. The molecule has 0 bridgehead atoms. The van der Waals surface area contributed by atoms with Crippen molar-refractivity contribution in [3.05, 3.63) is 17.5 Å². The molecule has 7 nitrogen and oxygen atoms in total. The van der Waals surface area contributed by atoms with Gasteiger partial charge in [0.25, 0.3) is 0 Å². The predicted octanol–water partition coefficient (Wildman–Crippen LogP) is 1.47. The summed E-state index contributed by atoms with van der Waals surface area (Å²) in [5.41, 5.74) is 2.05. The number of hydrogen-bond acceptors (Lipinski definition) is 3. The van der Waals surface area contributed by atoms with Crippen LogP contribution in [0.5, 0.6) is 0 Å². The number of amides is 1. The molecule has 10 heteroatoms. The van der Waals surface area contributed by atoms with E-state index in [0.29, 0.717) is 23.9 Å². The lowest BCUT2D eigenvalue weighted by atomic mass is 10.4. The van der Waals surface area contributed by atoms with Gasteiger partial charge in [-0.25, -0.2) is 4.99 Å². The number of nitrogens with zero attached hydrogens (tertiary/aromatic N) is 4. The maximum absolute atomic E-state index is 12.3. The fourth-order valence-electron chi connectivity index (χ4n) is 2.30. The van der Waals surface area contributed by atoms with Gasteiger partial charge in [0.05, 0.1) is 5.69 Å². The van der Waals surface area contributed by atoms with Crippen LogP contribution in [-0.2, 0) is 11.3 Å². The predicted molar refractivity (Wildman–Crippen MR) is 94.0 cm³/mol. The molecule has 0 fully saturated rings. The first kappa shape index (κ1) is 21.8. The van der Waals surface area contributed by atoms with Gasteiger partial charge in [0.1, 0.15) is 13.1 Å². The Kier molecular flexibility index (Phi) is 8.40. The number of aliphatic imine (C=N–C) groups is 1. The van der Waals surface area contributed by atoms with E-state index in [4.69, 9.17) is 0 Å². The van der Waals surface area contributed by atoms with E-state index in [2.05, 4.69) is 20.7 Å². The smallest absolute Gasteiger partial charge is 0.357 e. The van der Waals surface area contributed by atoms with E-state index in [1.54, 1.807) is 0 Å². The zero-order valence-corrected chi connectivity index (χ0v) is 15.7. The van der Waals surface area contributed by atoms with Gasteiger partial charge in [-0.15, -0.1) is 0 Å². The van der Waals surface area contributed by atoms with Crippen molar-refractivity contribution >= 4 is 11.9 Å². The van der Waals surface area contributed by atoms with Crippen LogP contribution in [0.25, 0.3) is 0 Å². The van der Waals surface area contributed by atoms with Gasteiger partial charge in [-0.1, -0.05) is 0 Å². The van der Waals surface area contributed by atoms with Crippen LogP contribution in [0.1, 0.15) is 24.7 Å². The Hall–Kier alpha value is -2.26. The van der Waals surface area contributed by atoms with E-state index in [1.165, 1.54) is 0 Å². The van der Waals surface area contributed by atoms with E-state index in [0.717, 1.165) is 31.4 Å². The summed E-state index contributed by atoms with van der Waals surface area (Å²) in [6.07, 6.45) is -3.63. The number of rotatable bonds is 8. The number of hydrogen-bond donors (Lipinski definition) is 2. The first-order valence-electron chi connectivity index (χ1n) is 8.46. The summed E-state index contributed by atoms with van der Waals surface area (Å²) in [6.45, 7) is 6.07. The number of alkyl halides is 3. The molecule has 0 saturated heterocycles. The molecule has 0 radical (unpaired) electrons. The Labute approximate surface area is 151 Å². The highest BCUT2D eigenvalue weighted by Crippen LogP contribution is 2.15. The highest BCUT2D eigenvalue weighted by Gasteiger charge is 2.30. The number of carbonyl (C=O) groups is 1. The summed E-state index contributed by atoms with van der Waals surface area (Å²) in [6, 6.07) is 2.00. The van der Waals surface area contributed by atoms with Crippen LogP contribution in [-0.4, -0.2) is 66.0 Å². The number of likely N-dealkylation sites (N-methyl/N-ethyl adjacent to an activating group) is 1. The molecular weight excluding hydrogens is 349 g/mol. The number of aryl methyl sites for hydroxylation is 3. The van der Waals surface area contributed by atoms with Crippen molar-refractivity contribution in [3.63, 3.8) is 0 Å². The SMILES string of the molecule is CCNC(=NCC(=O)N(C)CC(F)(F)F)NCCCn1nc(C)cc1C. The van der Waals surface area contributed by atoms with Crippen LogP contribution in [0.4, 0.5) is 13.2 Å². The summed E-state index contributed by atoms with van der Waals surface area (Å²) in [5.74, 6) is -0.295. The molecular formula is C16H27F3N6O. The average molecular weight is 376 g/mol. The van der Waals surface area contributed by atoms with Crippen molar-refractivity contribution in [2.24, 2.45) is 4.99 Å². The van der Waals surface area contributed by atoms with E-state index < -0.39 is 18.6 Å². The zero-order valence-electron chi connectivity index (χ0n) is 15.7. The molecule has 0 unspecified atom stereocenters. The number of guanidine groups is 1. The van der Waals surface area contributed by atoms with Gasteiger partial charge in [0.2, 0.25) is 5.91 Å². The van der Waals surface area contributed by atoms with Gasteiger partial charge in [0.15, 0.2) is 5.96 Å². The topological polar surface area (TPSA) is 74.6 Å². The summed E-state index contributed by atoms with van der Waals surface area (Å²) in [4.78, 5) is 16.4. The summed E-state index contributed by atoms with van der Waals surface area (Å²) in [5, 5.41) is 10.4. The van der Waals surface area contributed by atoms with Crippen molar-refractivity contribution in [1.29, 1.82) is 0 Å². The molecule has 0 spiro atoms. The first-order chi connectivity index (χ1) is 12.1. The van der Waals surface area contributed by atoms with Crippen molar-refractivity contribution in [2.75, 3.05) is 33.2 Å². The van der Waals surface area contributed by atoms with E-state index in [1.807, 2.05) is 31.5 Å². The average Bonchev–Trinajstić information content (AvgIpc) is 2.84. The number of aromatic nitrogens is 2. The second-order valence-electron chi connectivity index (χ2n) is 5.99. The number of halogens is 3. The van der Waals surface area contributed by atoms with Gasteiger partial charge in [-0.3, -0.25) is 9.48 Å². The molecule has 1 amide bonds. The van der Waals surface area contributed by atoms with E-state index in [9.17, 15) is 18.0 Å². The zero-order chi connectivity index (χ0) is 19.7. The van der Waals surface area contributed by atoms with Gasteiger partial charge >= 0.3 is 6.18 Å². The Morgan fingerprint density at radius 1 is 1.35 bits per heavy atom. The fraction of sp³-hybridized carbons (Fsp3) is 0.688. The molecule has 1 aromatic heterocycles. The minimum absolute atomic E-state index is 0.348. The van der Waals surface area contributed by atoms with Gasteiger partial charge < -0.3 is 15.5 Å². The van der Waals surface area contributed by atoms with E-state index >= 15 is 0 Å². The van der Waals surface area contributed by atoms with Crippen LogP contribution in [0.2, 0.25) is 0 Å². The summed E-state index contributed by atoms with van der Waals surface area (Å²) < 4.78 is 38.8. The Bertz CT molecular complexity index is 612. The highest BCUT2D eigenvalue weighted by molar-refractivity contribution is 5.84. The lowest BCUT2D eigenvalue weighted by Gasteiger charge is -2.18. The fourth-order valence-corrected chi connectivity index (χ4v) is 2.30. The molecule has 0 aliphatic rings. The molecule has 26 heavy (non-hydrogen) atoms. The lowest BCUT2D eigenvalue weighted by molar-refractivity contribution is -0.157. The van der Waals surface area contributed by atoms with Crippen LogP contribution in [0.3, 0.4) is 0 Å². The Morgan fingerprint density at radius 2 is 2.04 bits per heavy atom. The van der Waals surface area contributed by atoms with E-state index in [-0.39, 0.29) is 6.54 Å². The van der Waals surface area contributed by atoms with Gasteiger partial charge in [-0.05, 0) is 33.3 Å². The maximum atomic E-state index is 12.3. The molecule has 2 N–H and O–H groups in total. The van der Waals surface area contributed by atoms with Crippen LogP contribution in [0, 0.1) is 13.8 Å². The third kappa shape index (κ3) is 8.21. The molecule has 0 aliphatic heterocycles. The monoisotopic (exact) mass is 376 g/mol. The standard InChI is InChI=1S/C16H27F3N6O/c1-5-20-15(22-10-14(26)24(4)11-16(17,18)19)21-7-6-8-25-13(3)9-12(2)23-25/h9H,5-8,10-11H2,1-4H3,(H2,20,21,22). The molecule has 0 saturated carbocycles. The van der Waals surface area contributed by atoms with Crippen LogP contribution < -0.4 is 10.6 Å². The second-order valence-corrected chi connectivity index (χ2v) is 5.99. The first-order valence-corrected chi connectivity index (χ1v) is 8.46. The largest absolute Gasteiger partial charge is 0.406 e. The summed E-state index contributed by atoms with van der Waals surface area (Å²) >= 11 is 0. The minimum atomic E-state index is -4.42. The Balaban J connectivity index is 2.45. The second kappa shape index (κ2) is 10.0. The van der Waals surface area contributed by atoms with Crippen molar-refractivity contribution in [2.45, 2.75) is 39.9 Å². The third-order valence-corrected chi connectivity index (χ3v) is 3.50. The quantitative estimate of drug-likeness (QED) is 0.409. The maximum Gasteiger partial charge on any atom is 0.406 e. The third-order valence-electron chi connectivity index (χ3n) is 3.50. The molecule has 1 rings (SSSR count). The molecule has 1 heterocycles. The van der Waals surface area contributed by atoms with Gasteiger partial charge in [-0.2, -0.15) is 18.3 Å². The number of nitrogens with one attached hydrogen (secondary N) is 2. The molecule has 0 aromatic carbocycles. The summed E-state index contributed by atoms with van der Waals surface area (Å²) in [7, 11) is 1.11.